The SMILES string of the molecule is CC1CN(CC(=O)c2cccc([N+](=O)[O-])c2)CC1C. The van der Waals surface area contributed by atoms with E-state index in [1.807, 2.05) is 0 Å². The number of nitrogens with zero attached hydrogens (tertiary/aromatic N) is 2. The largest absolute Gasteiger partial charge is 0.295 e. The summed E-state index contributed by atoms with van der Waals surface area (Å²) < 4.78 is 0. The second kappa shape index (κ2) is 5.48. The zero-order chi connectivity index (χ0) is 14.0. The van der Waals surface area contributed by atoms with Gasteiger partial charge in [-0.3, -0.25) is 19.8 Å². The van der Waals surface area contributed by atoms with Gasteiger partial charge >= 0.3 is 0 Å². The van der Waals surface area contributed by atoms with Crippen LogP contribution >= 0.6 is 0 Å². The standard InChI is InChI=1S/C14H18N2O3/c1-10-7-15(8-11(10)2)9-14(17)12-4-3-5-13(6-12)16(18)19/h3-6,10-11H,7-9H2,1-2H3. The number of non-ortho nitro benzene ring substituents is 1. The van der Waals surface area contributed by atoms with Gasteiger partial charge in [-0.15, -0.1) is 0 Å². The first-order valence-corrected chi connectivity index (χ1v) is 6.47. The average Bonchev–Trinajstić information content (AvgIpc) is 2.68. The Labute approximate surface area is 112 Å². The minimum absolute atomic E-state index is 0.0333. The van der Waals surface area contributed by atoms with Gasteiger partial charge in [0.1, 0.15) is 0 Å². The molecule has 1 fully saturated rings. The molecule has 1 saturated heterocycles. The molecule has 0 aliphatic carbocycles. The molecule has 5 nitrogen and oxygen atoms in total. The van der Waals surface area contributed by atoms with Gasteiger partial charge in [-0.1, -0.05) is 26.0 Å². The van der Waals surface area contributed by atoms with Crippen LogP contribution in [0.15, 0.2) is 24.3 Å². The van der Waals surface area contributed by atoms with Crippen LogP contribution in [0.1, 0.15) is 24.2 Å². The zero-order valence-corrected chi connectivity index (χ0v) is 11.2. The summed E-state index contributed by atoms with van der Waals surface area (Å²) in [5.74, 6) is 1.14. The summed E-state index contributed by atoms with van der Waals surface area (Å²) in [6, 6.07) is 5.95. The Hall–Kier alpha value is -1.75. The van der Waals surface area contributed by atoms with E-state index in [9.17, 15) is 14.9 Å². The van der Waals surface area contributed by atoms with E-state index >= 15 is 0 Å². The third-order valence-corrected chi connectivity index (χ3v) is 3.81. The van der Waals surface area contributed by atoms with Gasteiger partial charge in [-0.05, 0) is 11.8 Å². The van der Waals surface area contributed by atoms with Gasteiger partial charge in [0.15, 0.2) is 5.78 Å². The maximum atomic E-state index is 12.1. The highest BCUT2D eigenvalue weighted by atomic mass is 16.6. The second-order valence-corrected chi connectivity index (χ2v) is 5.38. The first kappa shape index (κ1) is 13.7. The molecule has 1 aliphatic rings. The van der Waals surface area contributed by atoms with Crippen molar-refractivity contribution < 1.29 is 9.72 Å². The van der Waals surface area contributed by atoms with E-state index in [1.165, 1.54) is 12.1 Å². The molecule has 1 aromatic carbocycles. The van der Waals surface area contributed by atoms with Crippen LogP contribution in [-0.2, 0) is 0 Å². The van der Waals surface area contributed by atoms with E-state index in [0.29, 0.717) is 23.9 Å². The van der Waals surface area contributed by atoms with Crippen molar-refractivity contribution in [1.29, 1.82) is 0 Å². The highest BCUT2D eigenvalue weighted by Gasteiger charge is 2.27. The zero-order valence-electron chi connectivity index (χ0n) is 11.2. The van der Waals surface area contributed by atoms with Gasteiger partial charge in [-0.2, -0.15) is 0 Å². The van der Waals surface area contributed by atoms with Gasteiger partial charge in [0, 0.05) is 30.8 Å². The Morgan fingerprint density at radius 2 is 2.00 bits per heavy atom. The van der Waals surface area contributed by atoms with Gasteiger partial charge in [0.25, 0.3) is 5.69 Å². The number of nitro benzene ring substituents is 1. The van der Waals surface area contributed by atoms with Crippen LogP contribution in [0.5, 0.6) is 0 Å². The number of hydrogen-bond donors (Lipinski definition) is 0. The highest BCUT2D eigenvalue weighted by Crippen LogP contribution is 2.22. The van der Waals surface area contributed by atoms with Gasteiger partial charge < -0.3 is 0 Å². The van der Waals surface area contributed by atoms with Crippen LogP contribution in [0.2, 0.25) is 0 Å². The van der Waals surface area contributed by atoms with E-state index in [-0.39, 0.29) is 11.5 Å². The Kier molecular flexibility index (Phi) is 3.95. The Bertz CT molecular complexity index is 491. The van der Waals surface area contributed by atoms with Crippen LogP contribution in [0, 0.1) is 22.0 Å². The summed E-state index contributed by atoms with van der Waals surface area (Å²) in [5, 5.41) is 10.7. The second-order valence-electron chi connectivity index (χ2n) is 5.38. The van der Waals surface area contributed by atoms with E-state index in [4.69, 9.17) is 0 Å². The maximum Gasteiger partial charge on any atom is 0.270 e. The Morgan fingerprint density at radius 3 is 2.58 bits per heavy atom. The predicted molar refractivity (Wildman–Crippen MR) is 72.2 cm³/mol. The maximum absolute atomic E-state index is 12.1. The molecule has 0 radical (unpaired) electrons. The molecule has 1 aliphatic heterocycles. The summed E-state index contributed by atoms with van der Waals surface area (Å²) >= 11 is 0. The number of carbonyl (C=O) groups is 1. The van der Waals surface area contributed by atoms with Crippen LogP contribution in [-0.4, -0.2) is 35.2 Å². The lowest BCUT2D eigenvalue weighted by atomic mass is 10.0. The van der Waals surface area contributed by atoms with Crippen molar-refractivity contribution in [2.75, 3.05) is 19.6 Å². The number of hydrogen-bond acceptors (Lipinski definition) is 4. The van der Waals surface area contributed by atoms with Crippen molar-refractivity contribution in [1.82, 2.24) is 4.90 Å². The number of carbonyl (C=O) groups excluding carboxylic acids is 1. The quantitative estimate of drug-likeness (QED) is 0.474. The monoisotopic (exact) mass is 262 g/mol. The van der Waals surface area contributed by atoms with Gasteiger partial charge in [0.2, 0.25) is 0 Å². The molecule has 0 aromatic heterocycles. The average molecular weight is 262 g/mol. The first-order valence-electron chi connectivity index (χ1n) is 6.47. The lowest BCUT2D eigenvalue weighted by Gasteiger charge is -2.14. The van der Waals surface area contributed by atoms with Crippen molar-refractivity contribution in [3.8, 4) is 0 Å². The number of likely N-dealkylation sites (tertiary alicyclic amines) is 1. The Morgan fingerprint density at radius 1 is 1.37 bits per heavy atom. The first-order chi connectivity index (χ1) is 8.97. The molecule has 2 atom stereocenters. The highest BCUT2D eigenvalue weighted by molar-refractivity contribution is 5.98. The van der Waals surface area contributed by atoms with E-state index in [0.717, 1.165) is 13.1 Å². The molecule has 102 valence electrons. The smallest absolute Gasteiger partial charge is 0.270 e. The third-order valence-electron chi connectivity index (χ3n) is 3.81. The topological polar surface area (TPSA) is 63.5 Å². The summed E-state index contributed by atoms with van der Waals surface area (Å²) in [6.45, 7) is 6.55. The molecule has 1 heterocycles. The lowest BCUT2D eigenvalue weighted by molar-refractivity contribution is -0.384. The fourth-order valence-electron chi connectivity index (χ4n) is 2.47. The molecule has 0 bridgehead atoms. The summed E-state index contributed by atoms with van der Waals surface area (Å²) in [6.07, 6.45) is 0. The molecule has 0 spiro atoms. The molecule has 0 N–H and O–H groups in total. The van der Waals surface area contributed by atoms with Crippen LogP contribution < -0.4 is 0 Å². The van der Waals surface area contributed by atoms with E-state index < -0.39 is 4.92 Å². The minimum atomic E-state index is -0.475. The Balaban J connectivity index is 2.04. The molecule has 0 saturated carbocycles. The van der Waals surface area contributed by atoms with Crippen molar-refractivity contribution in [3.05, 3.63) is 39.9 Å². The van der Waals surface area contributed by atoms with Crippen molar-refractivity contribution >= 4 is 11.5 Å². The van der Waals surface area contributed by atoms with Crippen molar-refractivity contribution in [3.63, 3.8) is 0 Å². The summed E-state index contributed by atoms with van der Waals surface area (Å²) in [4.78, 5) is 24.5. The molecule has 2 rings (SSSR count). The van der Waals surface area contributed by atoms with Gasteiger partial charge in [0.05, 0.1) is 11.5 Å². The summed E-state index contributed by atoms with van der Waals surface area (Å²) in [7, 11) is 0. The third kappa shape index (κ3) is 3.17. The summed E-state index contributed by atoms with van der Waals surface area (Å²) in [5.41, 5.74) is 0.385. The number of Topliss-reactive ketones (excluding diaryl/α,β-unsaturated/α-hetero) is 1. The number of ketones is 1. The molecule has 1 aromatic rings. The van der Waals surface area contributed by atoms with Crippen LogP contribution in [0.4, 0.5) is 5.69 Å². The predicted octanol–water partition coefficient (Wildman–Crippen LogP) is 2.37. The fourth-order valence-corrected chi connectivity index (χ4v) is 2.47. The molecule has 0 amide bonds. The fraction of sp³-hybridized carbons (Fsp3) is 0.500. The number of rotatable bonds is 4. The molecular formula is C14H18N2O3. The van der Waals surface area contributed by atoms with Crippen molar-refractivity contribution in [2.45, 2.75) is 13.8 Å². The van der Waals surface area contributed by atoms with Crippen LogP contribution in [0.3, 0.4) is 0 Å². The van der Waals surface area contributed by atoms with Crippen LogP contribution in [0.25, 0.3) is 0 Å². The molecule has 5 heteroatoms. The number of benzene rings is 1. The van der Waals surface area contributed by atoms with E-state index in [1.54, 1.807) is 12.1 Å². The molecule has 19 heavy (non-hydrogen) atoms. The molecular weight excluding hydrogens is 244 g/mol. The van der Waals surface area contributed by atoms with E-state index in [2.05, 4.69) is 18.7 Å². The minimum Gasteiger partial charge on any atom is -0.295 e. The number of nitro groups is 1. The van der Waals surface area contributed by atoms with Gasteiger partial charge in [-0.25, -0.2) is 0 Å². The lowest BCUT2D eigenvalue weighted by Crippen LogP contribution is -2.28. The normalized spacial score (nSPS) is 23.5. The van der Waals surface area contributed by atoms with Crippen molar-refractivity contribution in [2.24, 2.45) is 11.8 Å². The molecule has 2 unspecified atom stereocenters.